The molecular weight excluding hydrogens is 260 g/mol. The Hall–Kier alpha value is -1.02. The molecule has 0 aromatic heterocycles. The summed E-state index contributed by atoms with van der Waals surface area (Å²) in [5, 5.41) is 0.645. The Morgan fingerprint density at radius 3 is 2.68 bits per heavy atom. The van der Waals surface area contributed by atoms with E-state index in [9.17, 15) is 4.79 Å². The molecule has 0 saturated heterocycles. The van der Waals surface area contributed by atoms with Gasteiger partial charge in [0.25, 0.3) is 0 Å². The lowest BCUT2D eigenvalue weighted by Gasteiger charge is -2.33. The van der Waals surface area contributed by atoms with E-state index in [2.05, 4.69) is 0 Å². The zero-order chi connectivity index (χ0) is 13.4. The van der Waals surface area contributed by atoms with Crippen molar-refractivity contribution in [3.8, 4) is 5.75 Å². The molecule has 3 heteroatoms. The van der Waals surface area contributed by atoms with Gasteiger partial charge in [0.1, 0.15) is 11.9 Å². The standard InChI is InChI=1S/C16H19ClO2/c1-10-7-16-12(8-13(10)17)14(18)9-15(19-16)11-5-3-2-4-6-11/h7-8,11,15H,2-6,9H2,1H3. The van der Waals surface area contributed by atoms with Crippen LogP contribution in [0.5, 0.6) is 5.75 Å². The number of fused-ring (bicyclic) bond motifs is 1. The smallest absolute Gasteiger partial charge is 0.170 e. The highest BCUT2D eigenvalue weighted by Gasteiger charge is 2.33. The van der Waals surface area contributed by atoms with Gasteiger partial charge in [-0.1, -0.05) is 30.9 Å². The Kier molecular flexibility index (Phi) is 3.53. The molecule has 1 aliphatic carbocycles. The second-order valence-corrected chi connectivity index (χ2v) is 6.19. The van der Waals surface area contributed by atoms with Crippen molar-refractivity contribution in [3.63, 3.8) is 0 Å². The third-order valence-corrected chi connectivity index (χ3v) is 4.81. The van der Waals surface area contributed by atoms with Gasteiger partial charge in [0.2, 0.25) is 0 Å². The lowest BCUT2D eigenvalue weighted by molar-refractivity contribution is 0.0655. The molecule has 1 heterocycles. The Labute approximate surface area is 119 Å². The van der Waals surface area contributed by atoms with E-state index in [1.165, 1.54) is 32.1 Å². The quantitative estimate of drug-likeness (QED) is 0.752. The molecular formula is C16H19ClO2. The lowest BCUT2D eigenvalue weighted by atomic mass is 9.82. The van der Waals surface area contributed by atoms with Crippen molar-refractivity contribution in [2.45, 2.75) is 51.6 Å². The molecule has 1 aromatic carbocycles. The van der Waals surface area contributed by atoms with Gasteiger partial charge in [-0.3, -0.25) is 4.79 Å². The Morgan fingerprint density at radius 2 is 1.95 bits per heavy atom. The van der Waals surface area contributed by atoms with E-state index in [0.717, 1.165) is 11.3 Å². The number of carbonyl (C=O) groups excluding carboxylic acids is 1. The molecule has 0 N–H and O–H groups in total. The number of ether oxygens (including phenoxy) is 1. The maximum absolute atomic E-state index is 12.3. The van der Waals surface area contributed by atoms with E-state index < -0.39 is 0 Å². The summed E-state index contributed by atoms with van der Waals surface area (Å²) in [4.78, 5) is 12.3. The molecule has 0 amide bonds. The number of rotatable bonds is 1. The molecule has 2 nitrogen and oxygen atoms in total. The minimum Gasteiger partial charge on any atom is -0.489 e. The van der Waals surface area contributed by atoms with Crippen LogP contribution in [0.1, 0.15) is 54.4 Å². The Balaban J connectivity index is 1.86. The van der Waals surface area contributed by atoms with Crippen LogP contribution in [0.15, 0.2) is 12.1 Å². The fraction of sp³-hybridized carbons (Fsp3) is 0.562. The third kappa shape index (κ3) is 2.51. The van der Waals surface area contributed by atoms with Crippen LogP contribution in [0.4, 0.5) is 0 Å². The Morgan fingerprint density at radius 1 is 1.21 bits per heavy atom. The maximum Gasteiger partial charge on any atom is 0.170 e. The first-order chi connectivity index (χ1) is 9.15. The average molecular weight is 279 g/mol. The predicted molar refractivity (Wildman–Crippen MR) is 76.1 cm³/mol. The van der Waals surface area contributed by atoms with E-state index >= 15 is 0 Å². The number of aryl methyl sites for hydroxylation is 1. The normalized spacial score (nSPS) is 23.9. The van der Waals surface area contributed by atoms with Crippen molar-refractivity contribution in [3.05, 3.63) is 28.3 Å². The molecule has 1 unspecified atom stereocenters. The number of benzene rings is 1. The number of hydrogen-bond donors (Lipinski definition) is 0. The van der Waals surface area contributed by atoms with Gasteiger partial charge in [0.15, 0.2) is 5.78 Å². The van der Waals surface area contributed by atoms with Crippen molar-refractivity contribution in [1.29, 1.82) is 0 Å². The molecule has 1 aromatic rings. The van der Waals surface area contributed by atoms with Crippen molar-refractivity contribution in [2.75, 3.05) is 0 Å². The van der Waals surface area contributed by atoms with Crippen LogP contribution in [0.25, 0.3) is 0 Å². The minimum absolute atomic E-state index is 0.0703. The number of Topliss-reactive ketones (excluding diaryl/α,β-unsaturated/α-hetero) is 1. The highest BCUT2D eigenvalue weighted by Crippen LogP contribution is 2.37. The monoisotopic (exact) mass is 278 g/mol. The molecule has 0 spiro atoms. The summed E-state index contributed by atoms with van der Waals surface area (Å²) in [5.74, 6) is 1.45. The zero-order valence-corrected chi connectivity index (χ0v) is 12.0. The van der Waals surface area contributed by atoms with E-state index in [-0.39, 0.29) is 11.9 Å². The maximum atomic E-state index is 12.3. The van der Waals surface area contributed by atoms with Crippen LogP contribution in [0.2, 0.25) is 5.02 Å². The second-order valence-electron chi connectivity index (χ2n) is 5.78. The summed E-state index contributed by atoms with van der Waals surface area (Å²) in [6, 6.07) is 3.66. The van der Waals surface area contributed by atoms with Gasteiger partial charge in [0, 0.05) is 11.4 Å². The highest BCUT2D eigenvalue weighted by molar-refractivity contribution is 6.31. The first-order valence-electron chi connectivity index (χ1n) is 7.15. The largest absolute Gasteiger partial charge is 0.489 e. The molecule has 0 bridgehead atoms. The number of ketones is 1. The van der Waals surface area contributed by atoms with Crippen molar-refractivity contribution < 1.29 is 9.53 Å². The fourth-order valence-electron chi connectivity index (χ4n) is 3.24. The SMILES string of the molecule is Cc1cc2c(cc1Cl)C(=O)CC(C1CCCCC1)O2. The molecule has 1 aliphatic heterocycles. The molecule has 1 atom stereocenters. The summed E-state index contributed by atoms with van der Waals surface area (Å²) in [5.41, 5.74) is 1.63. The van der Waals surface area contributed by atoms with Crippen LogP contribution in [-0.2, 0) is 0 Å². The summed E-state index contributed by atoms with van der Waals surface area (Å²) in [6.45, 7) is 1.95. The van der Waals surface area contributed by atoms with Crippen LogP contribution < -0.4 is 4.74 Å². The number of hydrogen-bond acceptors (Lipinski definition) is 2. The molecule has 2 aliphatic rings. The summed E-state index contributed by atoms with van der Waals surface area (Å²) < 4.78 is 6.10. The summed E-state index contributed by atoms with van der Waals surface area (Å²) >= 11 is 6.09. The summed E-state index contributed by atoms with van der Waals surface area (Å²) in [6.07, 6.45) is 6.83. The molecule has 0 radical (unpaired) electrons. The van der Waals surface area contributed by atoms with Crippen LogP contribution in [-0.4, -0.2) is 11.9 Å². The van der Waals surface area contributed by atoms with Crippen LogP contribution >= 0.6 is 11.6 Å². The summed E-state index contributed by atoms with van der Waals surface area (Å²) in [7, 11) is 0. The number of halogens is 1. The number of carbonyl (C=O) groups is 1. The highest BCUT2D eigenvalue weighted by atomic mass is 35.5. The van der Waals surface area contributed by atoms with Gasteiger partial charge in [-0.15, -0.1) is 0 Å². The van der Waals surface area contributed by atoms with Gasteiger partial charge >= 0.3 is 0 Å². The van der Waals surface area contributed by atoms with Gasteiger partial charge < -0.3 is 4.74 Å². The van der Waals surface area contributed by atoms with Gasteiger partial charge in [0.05, 0.1) is 5.56 Å². The first-order valence-corrected chi connectivity index (χ1v) is 7.53. The molecule has 1 saturated carbocycles. The average Bonchev–Trinajstić information content (AvgIpc) is 2.42. The zero-order valence-electron chi connectivity index (χ0n) is 11.2. The van der Waals surface area contributed by atoms with Crippen LogP contribution in [0.3, 0.4) is 0 Å². The van der Waals surface area contributed by atoms with E-state index in [1.807, 2.05) is 13.0 Å². The molecule has 19 heavy (non-hydrogen) atoms. The lowest BCUT2D eigenvalue weighted by Crippen LogP contribution is -2.34. The van der Waals surface area contributed by atoms with Gasteiger partial charge in [-0.05, 0) is 43.4 Å². The van der Waals surface area contributed by atoms with Gasteiger partial charge in [-0.25, -0.2) is 0 Å². The Bertz CT molecular complexity index is 504. The fourth-order valence-corrected chi connectivity index (χ4v) is 3.40. The predicted octanol–water partition coefficient (Wildman–Crippen LogP) is 4.56. The van der Waals surface area contributed by atoms with Crippen molar-refractivity contribution in [2.24, 2.45) is 5.92 Å². The molecule has 3 rings (SSSR count). The third-order valence-electron chi connectivity index (χ3n) is 4.40. The van der Waals surface area contributed by atoms with E-state index in [1.54, 1.807) is 6.07 Å². The van der Waals surface area contributed by atoms with Crippen LogP contribution in [0, 0.1) is 12.8 Å². The topological polar surface area (TPSA) is 26.3 Å². The van der Waals surface area contributed by atoms with E-state index in [4.69, 9.17) is 16.3 Å². The van der Waals surface area contributed by atoms with E-state index in [0.29, 0.717) is 22.9 Å². The van der Waals surface area contributed by atoms with Crippen molar-refractivity contribution >= 4 is 17.4 Å². The van der Waals surface area contributed by atoms with Gasteiger partial charge in [-0.2, -0.15) is 0 Å². The molecule has 102 valence electrons. The minimum atomic E-state index is 0.0703. The molecule has 1 fully saturated rings. The van der Waals surface area contributed by atoms with Crippen molar-refractivity contribution in [1.82, 2.24) is 0 Å². The second kappa shape index (κ2) is 5.16. The first kappa shape index (κ1) is 13.0.